The highest BCUT2D eigenvalue weighted by molar-refractivity contribution is 7.89. The van der Waals surface area contributed by atoms with Gasteiger partial charge in [-0.15, -0.1) is 0 Å². The average Bonchev–Trinajstić information content (AvgIpc) is 3.15. The van der Waals surface area contributed by atoms with E-state index < -0.39 is 26.7 Å². The van der Waals surface area contributed by atoms with Crippen LogP contribution in [0.3, 0.4) is 0 Å². The summed E-state index contributed by atoms with van der Waals surface area (Å²) in [5, 5.41) is 16.5. The first kappa shape index (κ1) is 27.5. The monoisotopic (exact) mass is 581 g/mol. The van der Waals surface area contributed by atoms with E-state index in [1.807, 2.05) is 0 Å². The van der Waals surface area contributed by atoms with Gasteiger partial charge in [0.05, 0.1) is 26.3 Å². The van der Waals surface area contributed by atoms with Crippen molar-refractivity contribution in [2.24, 2.45) is 5.10 Å². The Morgan fingerprint density at radius 3 is 2.35 bits per heavy atom. The number of hydrogen-bond donors (Lipinski definition) is 0. The summed E-state index contributed by atoms with van der Waals surface area (Å²) in [4.78, 5) is 28.6. The van der Waals surface area contributed by atoms with E-state index >= 15 is 0 Å². The average molecular weight is 582 g/mol. The number of hydrazone groups is 1. The van der Waals surface area contributed by atoms with Crippen molar-refractivity contribution in [3.05, 3.63) is 93.8 Å². The number of nitrogens with zero attached hydrogens (tertiary/aromatic N) is 5. The van der Waals surface area contributed by atoms with E-state index in [4.69, 9.17) is 0 Å². The fourth-order valence-corrected chi connectivity index (χ4v) is 6.76. The van der Waals surface area contributed by atoms with Crippen LogP contribution >= 0.6 is 11.3 Å². The van der Waals surface area contributed by atoms with Crippen LogP contribution in [-0.4, -0.2) is 47.8 Å². The van der Waals surface area contributed by atoms with Crippen LogP contribution in [0.4, 0.5) is 15.2 Å². The number of non-ortho nitro benzene ring substituents is 1. The minimum Gasteiger partial charge on any atom is -0.267 e. The van der Waals surface area contributed by atoms with Crippen molar-refractivity contribution in [2.75, 3.05) is 18.1 Å². The third kappa shape index (κ3) is 5.91. The lowest BCUT2D eigenvalue weighted by molar-refractivity contribution is -0.384. The number of thiazole rings is 1. The predicted octanol–water partition coefficient (Wildman–Crippen LogP) is 5.59. The largest absolute Gasteiger partial charge is 0.280 e. The molecule has 0 N–H and O–H groups in total. The number of aromatic nitrogens is 1. The van der Waals surface area contributed by atoms with Gasteiger partial charge in [0, 0.05) is 30.8 Å². The Bertz CT molecular complexity index is 1680. The summed E-state index contributed by atoms with van der Waals surface area (Å²) in [7, 11) is -3.69. The normalized spacial score (nSPS) is 14.8. The first-order chi connectivity index (χ1) is 19.2. The van der Waals surface area contributed by atoms with Gasteiger partial charge in [-0.3, -0.25) is 14.9 Å². The van der Waals surface area contributed by atoms with Gasteiger partial charge in [-0.2, -0.15) is 14.4 Å². The van der Waals surface area contributed by atoms with E-state index in [1.165, 1.54) is 77.2 Å². The molecule has 0 atom stereocenters. The molecule has 40 heavy (non-hydrogen) atoms. The highest BCUT2D eigenvalue weighted by Gasteiger charge is 2.26. The maximum atomic E-state index is 13.8. The van der Waals surface area contributed by atoms with Crippen molar-refractivity contribution in [2.45, 2.75) is 30.6 Å². The van der Waals surface area contributed by atoms with Crippen molar-refractivity contribution >= 4 is 54.5 Å². The van der Waals surface area contributed by atoms with Crippen LogP contribution < -0.4 is 5.01 Å². The molecule has 1 aliphatic heterocycles. The van der Waals surface area contributed by atoms with Crippen molar-refractivity contribution in [1.82, 2.24) is 9.29 Å². The number of fused-ring (bicyclic) bond motifs is 1. The molecule has 0 radical (unpaired) electrons. The fraction of sp³-hybridized carbons (Fsp3) is 0.222. The van der Waals surface area contributed by atoms with Crippen molar-refractivity contribution in [3.63, 3.8) is 0 Å². The number of nitro groups is 1. The summed E-state index contributed by atoms with van der Waals surface area (Å²) >= 11 is 1.06. The Balaban J connectivity index is 1.46. The Morgan fingerprint density at radius 1 is 1.02 bits per heavy atom. The number of amides is 1. The number of sulfonamides is 1. The molecule has 0 saturated carbocycles. The van der Waals surface area contributed by atoms with Crippen LogP contribution in [0.15, 0.2) is 76.7 Å². The van der Waals surface area contributed by atoms with Gasteiger partial charge in [-0.1, -0.05) is 24.2 Å². The molecule has 1 aromatic heterocycles. The Kier molecular flexibility index (Phi) is 7.96. The van der Waals surface area contributed by atoms with Crippen LogP contribution in [0.2, 0.25) is 0 Å². The molecule has 2 heterocycles. The molecule has 10 nitrogen and oxygen atoms in total. The molecule has 0 aliphatic carbocycles. The van der Waals surface area contributed by atoms with E-state index in [9.17, 15) is 27.7 Å². The molecule has 0 unspecified atom stereocenters. The van der Waals surface area contributed by atoms with Gasteiger partial charge in [0.15, 0.2) is 0 Å². The Hall–Kier alpha value is -4.07. The third-order valence-electron chi connectivity index (χ3n) is 6.44. The molecule has 3 aromatic carbocycles. The minimum absolute atomic E-state index is 0.0894. The standard InChI is InChI=1S/C27H24FN5O5S2/c28-21-9-14-24-25(17-21)39-27(30-24)32(29-18-19-5-10-22(11-6-19)33(35)36)26(34)20-7-12-23(13-8-20)40(37,38)31-15-3-1-2-4-16-31/h5-14,17-18H,1-4,15-16H2/b29-18+. The Labute approximate surface area is 233 Å². The van der Waals surface area contributed by atoms with Crippen LogP contribution in [-0.2, 0) is 10.0 Å². The summed E-state index contributed by atoms with van der Waals surface area (Å²) in [5.74, 6) is -1.03. The molecule has 206 valence electrons. The molecule has 1 saturated heterocycles. The van der Waals surface area contributed by atoms with Gasteiger partial charge in [-0.25, -0.2) is 17.8 Å². The van der Waals surface area contributed by atoms with Gasteiger partial charge < -0.3 is 0 Å². The summed E-state index contributed by atoms with van der Waals surface area (Å²) in [6.07, 6.45) is 4.96. The SMILES string of the molecule is O=C(c1ccc(S(=O)(=O)N2CCCCCC2)cc1)N(/N=C/c1ccc([N+](=O)[O-])cc1)c1nc2ccc(F)cc2s1. The fourth-order valence-electron chi connectivity index (χ4n) is 4.29. The molecule has 1 aliphatic rings. The summed E-state index contributed by atoms with van der Waals surface area (Å²) in [6, 6.07) is 15.3. The Morgan fingerprint density at radius 2 is 1.70 bits per heavy atom. The molecule has 0 spiro atoms. The van der Waals surface area contributed by atoms with E-state index in [0.29, 0.717) is 28.9 Å². The molecule has 4 aromatic rings. The number of anilines is 1. The van der Waals surface area contributed by atoms with Gasteiger partial charge in [0.25, 0.3) is 11.6 Å². The predicted molar refractivity (Wildman–Crippen MR) is 151 cm³/mol. The molecule has 5 rings (SSSR count). The molecule has 0 bridgehead atoms. The number of nitro benzene ring substituents is 1. The second-order valence-corrected chi connectivity index (χ2v) is 12.1. The van der Waals surface area contributed by atoms with E-state index in [2.05, 4.69) is 10.1 Å². The van der Waals surface area contributed by atoms with Crippen LogP contribution in [0.25, 0.3) is 10.2 Å². The molecule has 1 fully saturated rings. The lowest BCUT2D eigenvalue weighted by Crippen LogP contribution is -2.32. The number of halogens is 1. The number of rotatable bonds is 7. The van der Waals surface area contributed by atoms with E-state index in [-0.39, 0.29) is 21.3 Å². The highest BCUT2D eigenvalue weighted by atomic mass is 32.2. The first-order valence-electron chi connectivity index (χ1n) is 12.5. The van der Waals surface area contributed by atoms with E-state index in [1.54, 1.807) is 0 Å². The third-order valence-corrected chi connectivity index (χ3v) is 9.35. The molecular formula is C27H24FN5O5S2. The van der Waals surface area contributed by atoms with Crippen LogP contribution in [0, 0.1) is 15.9 Å². The zero-order valence-electron chi connectivity index (χ0n) is 21.1. The zero-order valence-corrected chi connectivity index (χ0v) is 22.8. The second-order valence-electron chi connectivity index (χ2n) is 9.16. The number of carbonyl (C=O) groups is 1. The van der Waals surface area contributed by atoms with Gasteiger partial charge in [0.2, 0.25) is 15.2 Å². The lowest BCUT2D eigenvalue weighted by atomic mass is 10.2. The quantitative estimate of drug-likeness (QED) is 0.159. The molecular weight excluding hydrogens is 557 g/mol. The summed E-state index contributed by atoms with van der Waals surface area (Å²) < 4.78 is 42.1. The summed E-state index contributed by atoms with van der Waals surface area (Å²) in [6.45, 7) is 0.929. The maximum absolute atomic E-state index is 13.8. The van der Waals surface area contributed by atoms with Crippen molar-refractivity contribution < 1.29 is 22.5 Å². The second kappa shape index (κ2) is 11.6. The number of carbonyl (C=O) groups excluding carboxylic acids is 1. The summed E-state index contributed by atoms with van der Waals surface area (Å²) in [5.41, 5.74) is 1.05. The maximum Gasteiger partial charge on any atom is 0.280 e. The van der Waals surface area contributed by atoms with Gasteiger partial charge in [-0.05, 0) is 73.0 Å². The smallest absolute Gasteiger partial charge is 0.267 e. The zero-order chi connectivity index (χ0) is 28.3. The topological polar surface area (TPSA) is 126 Å². The lowest BCUT2D eigenvalue weighted by Gasteiger charge is -2.20. The van der Waals surface area contributed by atoms with Crippen molar-refractivity contribution in [3.8, 4) is 0 Å². The minimum atomic E-state index is -3.69. The van der Waals surface area contributed by atoms with Crippen LogP contribution in [0.5, 0.6) is 0 Å². The van der Waals surface area contributed by atoms with Crippen molar-refractivity contribution in [1.29, 1.82) is 0 Å². The van der Waals surface area contributed by atoms with Crippen LogP contribution in [0.1, 0.15) is 41.6 Å². The van der Waals surface area contributed by atoms with Gasteiger partial charge >= 0.3 is 0 Å². The van der Waals surface area contributed by atoms with E-state index in [0.717, 1.165) is 42.0 Å². The van der Waals surface area contributed by atoms with Gasteiger partial charge in [0.1, 0.15) is 5.82 Å². The molecule has 13 heteroatoms. The first-order valence-corrected chi connectivity index (χ1v) is 14.8. The number of benzene rings is 3. The molecule has 1 amide bonds. The highest BCUT2D eigenvalue weighted by Crippen LogP contribution is 2.31. The number of hydrogen-bond acceptors (Lipinski definition) is 8.